The van der Waals surface area contributed by atoms with Crippen molar-refractivity contribution >= 4 is 5.69 Å². The van der Waals surface area contributed by atoms with Gasteiger partial charge in [0, 0.05) is 18.7 Å². The summed E-state index contributed by atoms with van der Waals surface area (Å²) >= 11 is 0. The summed E-state index contributed by atoms with van der Waals surface area (Å²) in [4.78, 5) is 0. The maximum absolute atomic E-state index is 5.82. The molecule has 0 amide bonds. The van der Waals surface area contributed by atoms with Crippen LogP contribution in [-0.2, 0) is 11.2 Å². The Bertz CT molecular complexity index is 397. The first kappa shape index (κ1) is 13.0. The van der Waals surface area contributed by atoms with Gasteiger partial charge in [-0.2, -0.15) is 0 Å². The lowest BCUT2D eigenvalue weighted by molar-refractivity contribution is 0.0902. The van der Waals surface area contributed by atoms with Crippen LogP contribution in [0.15, 0.2) is 30.9 Å². The third kappa shape index (κ3) is 3.50. The largest absolute Gasteiger partial charge is 0.493 e. The van der Waals surface area contributed by atoms with Crippen LogP contribution in [-0.4, -0.2) is 19.3 Å². The summed E-state index contributed by atoms with van der Waals surface area (Å²) < 4.78 is 11.4. The average molecular weight is 247 g/mol. The number of ether oxygens (including phenoxy) is 2. The van der Waals surface area contributed by atoms with Crippen LogP contribution in [0.4, 0.5) is 5.69 Å². The van der Waals surface area contributed by atoms with Crippen LogP contribution >= 0.6 is 0 Å². The number of nitrogens with two attached hydrogens (primary N) is 1. The van der Waals surface area contributed by atoms with E-state index < -0.39 is 0 Å². The van der Waals surface area contributed by atoms with Gasteiger partial charge < -0.3 is 15.2 Å². The number of rotatable bonds is 6. The molecule has 1 aliphatic heterocycles. The van der Waals surface area contributed by atoms with Crippen LogP contribution in [0.5, 0.6) is 5.75 Å². The van der Waals surface area contributed by atoms with E-state index in [2.05, 4.69) is 6.58 Å². The van der Waals surface area contributed by atoms with Crippen molar-refractivity contribution in [1.29, 1.82) is 0 Å². The van der Waals surface area contributed by atoms with Gasteiger partial charge in [-0.05, 0) is 43.0 Å². The minimum absolute atomic E-state index is 0.377. The molecule has 0 aliphatic carbocycles. The maximum Gasteiger partial charge on any atom is 0.122 e. The molecular weight excluding hydrogens is 226 g/mol. The predicted octanol–water partition coefficient (Wildman–Crippen LogP) is 2.95. The minimum Gasteiger partial charge on any atom is -0.493 e. The molecule has 98 valence electrons. The van der Waals surface area contributed by atoms with E-state index in [9.17, 15) is 0 Å². The van der Waals surface area contributed by atoms with Gasteiger partial charge in [0.25, 0.3) is 0 Å². The summed E-state index contributed by atoms with van der Waals surface area (Å²) in [6.45, 7) is 5.34. The van der Waals surface area contributed by atoms with Crippen LogP contribution in [0.2, 0.25) is 0 Å². The van der Waals surface area contributed by atoms with Crippen LogP contribution in [0.1, 0.15) is 24.8 Å². The van der Waals surface area contributed by atoms with Gasteiger partial charge in [0.05, 0.1) is 12.7 Å². The standard InChI is InChI=1S/C15H21NO2/c1-2-4-12-11-13(16)6-7-15(12)18-10-8-14-5-3-9-17-14/h2,6-7,11,14H,1,3-5,8-10,16H2. The summed E-state index contributed by atoms with van der Waals surface area (Å²) in [5.41, 5.74) is 7.63. The van der Waals surface area contributed by atoms with Crippen molar-refractivity contribution in [2.75, 3.05) is 18.9 Å². The van der Waals surface area contributed by atoms with Gasteiger partial charge in [0.2, 0.25) is 0 Å². The second-order valence-electron chi connectivity index (χ2n) is 4.63. The first-order chi connectivity index (χ1) is 8.79. The van der Waals surface area contributed by atoms with Crippen molar-refractivity contribution in [3.05, 3.63) is 36.4 Å². The quantitative estimate of drug-likeness (QED) is 0.621. The molecule has 0 spiro atoms. The van der Waals surface area contributed by atoms with Crippen LogP contribution in [0.3, 0.4) is 0 Å². The summed E-state index contributed by atoms with van der Waals surface area (Å²) in [5.74, 6) is 0.905. The Labute approximate surface area is 109 Å². The van der Waals surface area contributed by atoms with Gasteiger partial charge in [-0.1, -0.05) is 6.08 Å². The van der Waals surface area contributed by atoms with Crippen molar-refractivity contribution in [2.45, 2.75) is 31.8 Å². The molecule has 0 bridgehead atoms. The molecule has 1 unspecified atom stereocenters. The monoisotopic (exact) mass is 247 g/mol. The van der Waals surface area contributed by atoms with Crippen LogP contribution in [0, 0.1) is 0 Å². The van der Waals surface area contributed by atoms with E-state index in [1.54, 1.807) is 0 Å². The number of allylic oxidation sites excluding steroid dienone is 1. The highest BCUT2D eigenvalue weighted by molar-refractivity contribution is 5.48. The molecule has 1 aliphatic rings. The fourth-order valence-electron chi connectivity index (χ4n) is 2.23. The number of nitrogen functional groups attached to an aromatic ring is 1. The Kier molecular flexibility index (Phi) is 4.65. The first-order valence-corrected chi connectivity index (χ1v) is 6.53. The van der Waals surface area contributed by atoms with E-state index in [1.165, 1.54) is 6.42 Å². The molecule has 1 atom stereocenters. The molecule has 2 rings (SSSR count). The molecule has 1 aromatic carbocycles. The second kappa shape index (κ2) is 6.45. The van der Waals surface area contributed by atoms with E-state index in [-0.39, 0.29) is 0 Å². The van der Waals surface area contributed by atoms with Crippen LogP contribution in [0.25, 0.3) is 0 Å². The Morgan fingerprint density at radius 2 is 2.39 bits per heavy atom. The molecular formula is C15H21NO2. The molecule has 18 heavy (non-hydrogen) atoms. The van der Waals surface area contributed by atoms with E-state index in [4.69, 9.17) is 15.2 Å². The van der Waals surface area contributed by atoms with Crippen molar-refractivity contribution in [3.63, 3.8) is 0 Å². The average Bonchev–Trinajstić information content (AvgIpc) is 2.85. The molecule has 0 aromatic heterocycles. The van der Waals surface area contributed by atoms with Gasteiger partial charge in [-0.25, -0.2) is 0 Å². The molecule has 1 heterocycles. The summed E-state index contributed by atoms with van der Waals surface area (Å²) in [5, 5.41) is 0. The lowest BCUT2D eigenvalue weighted by Crippen LogP contribution is -2.11. The zero-order valence-electron chi connectivity index (χ0n) is 10.7. The molecule has 1 saturated heterocycles. The Morgan fingerprint density at radius 3 is 3.11 bits per heavy atom. The minimum atomic E-state index is 0.377. The van der Waals surface area contributed by atoms with Gasteiger partial charge >= 0.3 is 0 Å². The van der Waals surface area contributed by atoms with E-state index >= 15 is 0 Å². The van der Waals surface area contributed by atoms with Crippen molar-refractivity contribution in [3.8, 4) is 5.75 Å². The lowest BCUT2D eigenvalue weighted by atomic mass is 10.1. The van der Waals surface area contributed by atoms with E-state index in [0.717, 1.165) is 42.9 Å². The van der Waals surface area contributed by atoms with Crippen LogP contribution < -0.4 is 10.5 Å². The summed E-state index contributed by atoms with van der Waals surface area (Å²) in [6.07, 6.45) is 6.31. The smallest absolute Gasteiger partial charge is 0.122 e. The zero-order valence-corrected chi connectivity index (χ0v) is 10.7. The second-order valence-corrected chi connectivity index (χ2v) is 4.63. The van der Waals surface area contributed by atoms with Crippen molar-refractivity contribution in [2.24, 2.45) is 0 Å². The SMILES string of the molecule is C=CCc1cc(N)ccc1OCCC1CCCO1. The highest BCUT2D eigenvalue weighted by atomic mass is 16.5. The van der Waals surface area contributed by atoms with Gasteiger partial charge in [0.1, 0.15) is 5.75 Å². The molecule has 1 aromatic rings. The highest BCUT2D eigenvalue weighted by Gasteiger charge is 2.15. The number of hydrogen-bond acceptors (Lipinski definition) is 3. The molecule has 2 N–H and O–H groups in total. The third-order valence-corrected chi connectivity index (χ3v) is 3.17. The first-order valence-electron chi connectivity index (χ1n) is 6.53. The molecule has 0 radical (unpaired) electrons. The normalized spacial score (nSPS) is 18.8. The highest BCUT2D eigenvalue weighted by Crippen LogP contribution is 2.23. The Hall–Kier alpha value is -1.48. The Morgan fingerprint density at radius 1 is 1.50 bits per heavy atom. The third-order valence-electron chi connectivity index (χ3n) is 3.17. The molecule has 3 nitrogen and oxygen atoms in total. The zero-order chi connectivity index (χ0) is 12.8. The van der Waals surface area contributed by atoms with Gasteiger partial charge in [-0.15, -0.1) is 6.58 Å². The topological polar surface area (TPSA) is 44.5 Å². The lowest BCUT2D eigenvalue weighted by Gasteiger charge is -2.13. The van der Waals surface area contributed by atoms with Crippen molar-refractivity contribution < 1.29 is 9.47 Å². The predicted molar refractivity (Wildman–Crippen MR) is 73.8 cm³/mol. The maximum atomic E-state index is 5.82. The van der Waals surface area contributed by atoms with Gasteiger partial charge in [0.15, 0.2) is 0 Å². The van der Waals surface area contributed by atoms with Gasteiger partial charge in [-0.3, -0.25) is 0 Å². The summed E-state index contributed by atoms with van der Waals surface area (Å²) in [6, 6.07) is 5.75. The number of anilines is 1. The fraction of sp³-hybridized carbons (Fsp3) is 0.467. The number of benzene rings is 1. The van der Waals surface area contributed by atoms with E-state index in [0.29, 0.717) is 12.7 Å². The van der Waals surface area contributed by atoms with E-state index in [1.807, 2.05) is 24.3 Å². The molecule has 1 fully saturated rings. The number of hydrogen-bond donors (Lipinski definition) is 1. The summed E-state index contributed by atoms with van der Waals surface area (Å²) in [7, 11) is 0. The molecule has 3 heteroatoms. The van der Waals surface area contributed by atoms with Crippen molar-refractivity contribution in [1.82, 2.24) is 0 Å². The Balaban J connectivity index is 1.88. The fourth-order valence-corrected chi connectivity index (χ4v) is 2.23. The molecule has 0 saturated carbocycles.